The zero-order valence-electron chi connectivity index (χ0n) is 10.0. The standard InChI is InChI=1S/C12H17F3N2/c1-3-6-17(2)8-9-4-5-10(16)7-11(9)12(13,14)15/h4-5,7H,3,6,8,16H2,1-2H3. The normalized spacial score (nSPS) is 12.1. The van der Waals surface area contributed by atoms with Gasteiger partial charge in [-0.1, -0.05) is 13.0 Å². The van der Waals surface area contributed by atoms with Gasteiger partial charge in [0, 0.05) is 12.2 Å². The molecule has 0 amide bonds. The monoisotopic (exact) mass is 246 g/mol. The van der Waals surface area contributed by atoms with E-state index in [0.717, 1.165) is 19.0 Å². The lowest BCUT2D eigenvalue weighted by Crippen LogP contribution is -2.21. The molecule has 0 spiro atoms. The Hall–Kier alpha value is -1.23. The van der Waals surface area contributed by atoms with Crippen LogP contribution in [0.25, 0.3) is 0 Å². The smallest absolute Gasteiger partial charge is 0.399 e. The third-order valence-electron chi connectivity index (χ3n) is 2.48. The number of rotatable bonds is 4. The van der Waals surface area contributed by atoms with E-state index in [1.165, 1.54) is 12.1 Å². The summed E-state index contributed by atoms with van der Waals surface area (Å²) < 4.78 is 38.4. The summed E-state index contributed by atoms with van der Waals surface area (Å²) in [6, 6.07) is 3.95. The van der Waals surface area contributed by atoms with Crippen molar-refractivity contribution < 1.29 is 13.2 Å². The van der Waals surface area contributed by atoms with Gasteiger partial charge in [0.15, 0.2) is 0 Å². The molecule has 0 aliphatic heterocycles. The molecule has 5 heteroatoms. The second-order valence-corrected chi connectivity index (χ2v) is 4.15. The van der Waals surface area contributed by atoms with Crippen LogP contribution in [0.1, 0.15) is 24.5 Å². The van der Waals surface area contributed by atoms with Gasteiger partial charge in [0.25, 0.3) is 0 Å². The van der Waals surface area contributed by atoms with Crippen molar-refractivity contribution in [1.29, 1.82) is 0 Å². The minimum atomic E-state index is -4.35. The van der Waals surface area contributed by atoms with Crippen molar-refractivity contribution in [3.8, 4) is 0 Å². The summed E-state index contributed by atoms with van der Waals surface area (Å²) in [5, 5.41) is 0. The Kier molecular flexibility index (Phi) is 4.40. The summed E-state index contributed by atoms with van der Waals surface area (Å²) in [5.74, 6) is 0. The van der Waals surface area contributed by atoms with Crippen LogP contribution in [0, 0.1) is 0 Å². The first kappa shape index (κ1) is 13.8. The Balaban J connectivity index is 2.99. The molecule has 0 aliphatic carbocycles. The maximum absolute atomic E-state index is 12.8. The van der Waals surface area contributed by atoms with E-state index in [0.29, 0.717) is 0 Å². The molecular formula is C12H17F3N2. The summed E-state index contributed by atoms with van der Waals surface area (Å²) in [7, 11) is 1.81. The molecule has 0 saturated carbocycles. The zero-order valence-corrected chi connectivity index (χ0v) is 10.0. The average molecular weight is 246 g/mol. The second kappa shape index (κ2) is 5.40. The van der Waals surface area contributed by atoms with E-state index in [1.807, 2.05) is 11.8 Å². The van der Waals surface area contributed by atoms with Gasteiger partial charge in [-0.2, -0.15) is 13.2 Å². The van der Waals surface area contributed by atoms with Gasteiger partial charge in [-0.15, -0.1) is 0 Å². The van der Waals surface area contributed by atoms with Crippen LogP contribution < -0.4 is 5.73 Å². The number of hydrogen-bond donors (Lipinski definition) is 1. The Morgan fingerprint density at radius 3 is 2.47 bits per heavy atom. The number of benzene rings is 1. The maximum atomic E-state index is 12.8. The van der Waals surface area contributed by atoms with Gasteiger partial charge < -0.3 is 10.6 Å². The van der Waals surface area contributed by atoms with E-state index in [-0.39, 0.29) is 17.8 Å². The highest BCUT2D eigenvalue weighted by Gasteiger charge is 2.33. The van der Waals surface area contributed by atoms with Crippen molar-refractivity contribution in [2.45, 2.75) is 26.1 Å². The van der Waals surface area contributed by atoms with Crippen molar-refractivity contribution in [2.75, 3.05) is 19.3 Å². The molecule has 0 bridgehead atoms. The summed E-state index contributed by atoms with van der Waals surface area (Å²) in [5.41, 5.74) is 5.17. The molecule has 0 heterocycles. The summed E-state index contributed by atoms with van der Waals surface area (Å²) in [4.78, 5) is 1.86. The van der Waals surface area contributed by atoms with Gasteiger partial charge in [-0.05, 0) is 37.7 Å². The van der Waals surface area contributed by atoms with Crippen molar-refractivity contribution in [3.05, 3.63) is 29.3 Å². The van der Waals surface area contributed by atoms with Crippen LogP contribution in [0.2, 0.25) is 0 Å². The maximum Gasteiger partial charge on any atom is 0.416 e. The number of nitrogen functional groups attached to an aromatic ring is 1. The zero-order chi connectivity index (χ0) is 13.1. The first-order valence-corrected chi connectivity index (χ1v) is 5.48. The lowest BCUT2D eigenvalue weighted by molar-refractivity contribution is -0.138. The highest BCUT2D eigenvalue weighted by molar-refractivity contribution is 5.45. The van der Waals surface area contributed by atoms with Crippen LogP contribution in [-0.2, 0) is 12.7 Å². The Bertz CT molecular complexity index is 375. The number of halogens is 3. The van der Waals surface area contributed by atoms with Crippen LogP contribution >= 0.6 is 0 Å². The van der Waals surface area contributed by atoms with E-state index in [2.05, 4.69) is 0 Å². The fraction of sp³-hybridized carbons (Fsp3) is 0.500. The van der Waals surface area contributed by atoms with Crippen LogP contribution in [0.15, 0.2) is 18.2 Å². The highest BCUT2D eigenvalue weighted by Crippen LogP contribution is 2.33. The minimum absolute atomic E-state index is 0.138. The van der Waals surface area contributed by atoms with Gasteiger partial charge in [-0.3, -0.25) is 0 Å². The Morgan fingerprint density at radius 2 is 1.94 bits per heavy atom. The van der Waals surface area contributed by atoms with Crippen molar-refractivity contribution in [1.82, 2.24) is 4.90 Å². The van der Waals surface area contributed by atoms with E-state index in [9.17, 15) is 13.2 Å². The van der Waals surface area contributed by atoms with Gasteiger partial charge in [0.2, 0.25) is 0 Å². The Morgan fingerprint density at radius 1 is 1.29 bits per heavy atom. The summed E-state index contributed by atoms with van der Waals surface area (Å²) in [6.45, 7) is 3.04. The second-order valence-electron chi connectivity index (χ2n) is 4.15. The first-order chi connectivity index (χ1) is 7.84. The quantitative estimate of drug-likeness (QED) is 0.827. The highest BCUT2D eigenvalue weighted by atomic mass is 19.4. The fourth-order valence-corrected chi connectivity index (χ4v) is 1.75. The topological polar surface area (TPSA) is 29.3 Å². The number of nitrogens with two attached hydrogens (primary N) is 1. The summed E-state index contributed by atoms with van der Waals surface area (Å²) >= 11 is 0. The van der Waals surface area contributed by atoms with Crippen molar-refractivity contribution >= 4 is 5.69 Å². The van der Waals surface area contributed by atoms with E-state index in [4.69, 9.17) is 5.73 Å². The molecule has 2 nitrogen and oxygen atoms in total. The number of nitrogens with zero attached hydrogens (tertiary/aromatic N) is 1. The SMILES string of the molecule is CCCN(C)Cc1ccc(N)cc1C(F)(F)F. The molecule has 0 atom stereocenters. The van der Waals surface area contributed by atoms with E-state index >= 15 is 0 Å². The van der Waals surface area contributed by atoms with Gasteiger partial charge in [0.1, 0.15) is 0 Å². The lowest BCUT2D eigenvalue weighted by Gasteiger charge is -2.19. The number of alkyl halides is 3. The van der Waals surface area contributed by atoms with Gasteiger partial charge in [0.05, 0.1) is 5.56 Å². The molecule has 0 saturated heterocycles. The predicted octanol–water partition coefficient (Wildman–Crippen LogP) is 3.13. The molecule has 17 heavy (non-hydrogen) atoms. The molecule has 0 aliphatic rings. The molecule has 0 unspecified atom stereocenters. The van der Waals surface area contributed by atoms with Crippen molar-refractivity contribution in [3.63, 3.8) is 0 Å². The molecule has 1 rings (SSSR count). The molecule has 96 valence electrons. The predicted molar refractivity (Wildman–Crippen MR) is 62.5 cm³/mol. The van der Waals surface area contributed by atoms with Gasteiger partial charge in [-0.25, -0.2) is 0 Å². The minimum Gasteiger partial charge on any atom is -0.399 e. The first-order valence-electron chi connectivity index (χ1n) is 5.48. The Labute approximate surface area is 99.2 Å². The largest absolute Gasteiger partial charge is 0.416 e. The fourth-order valence-electron chi connectivity index (χ4n) is 1.75. The lowest BCUT2D eigenvalue weighted by atomic mass is 10.1. The average Bonchev–Trinajstić information content (AvgIpc) is 2.19. The molecule has 1 aromatic rings. The summed E-state index contributed by atoms with van der Waals surface area (Å²) in [6.07, 6.45) is -3.44. The molecule has 0 aromatic heterocycles. The molecular weight excluding hydrogens is 229 g/mol. The number of anilines is 1. The molecule has 0 fully saturated rings. The number of hydrogen-bond acceptors (Lipinski definition) is 2. The molecule has 2 N–H and O–H groups in total. The van der Waals surface area contributed by atoms with E-state index in [1.54, 1.807) is 7.05 Å². The third kappa shape index (κ3) is 3.93. The van der Waals surface area contributed by atoms with Gasteiger partial charge >= 0.3 is 6.18 Å². The van der Waals surface area contributed by atoms with Crippen molar-refractivity contribution in [2.24, 2.45) is 0 Å². The molecule has 1 aromatic carbocycles. The van der Waals surface area contributed by atoms with Crippen LogP contribution in [0.5, 0.6) is 0 Å². The van der Waals surface area contributed by atoms with Crippen LogP contribution in [0.3, 0.4) is 0 Å². The van der Waals surface area contributed by atoms with Crippen LogP contribution in [0.4, 0.5) is 18.9 Å². The molecule has 0 radical (unpaired) electrons. The third-order valence-corrected chi connectivity index (χ3v) is 2.48. The van der Waals surface area contributed by atoms with Crippen LogP contribution in [-0.4, -0.2) is 18.5 Å². The van der Waals surface area contributed by atoms with E-state index < -0.39 is 11.7 Å².